The summed E-state index contributed by atoms with van der Waals surface area (Å²) in [6, 6.07) is 6.30. The molecule has 20 heavy (non-hydrogen) atoms. The standard InChI is InChI=1S/C16H22FNO2/c1-15(2,8-9-19)11-18-14(20)16(6-7-16)12-4-3-5-13(17)10-12/h3-5,10,19H,6-9,11H2,1-2H3,(H,18,20). The van der Waals surface area contributed by atoms with Gasteiger partial charge < -0.3 is 10.4 Å². The second-order valence-electron chi connectivity index (χ2n) is 6.41. The van der Waals surface area contributed by atoms with Crippen molar-refractivity contribution in [3.8, 4) is 0 Å². The van der Waals surface area contributed by atoms with Gasteiger partial charge in [0, 0.05) is 13.2 Å². The van der Waals surface area contributed by atoms with Gasteiger partial charge in [0.05, 0.1) is 5.41 Å². The van der Waals surface area contributed by atoms with Crippen LogP contribution in [-0.4, -0.2) is 24.2 Å². The van der Waals surface area contributed by atoms with Crippen molar-refractivity contribution in [2.24, 2.45) is 5.41 Å². The SMILES string of the molecule is CC(C)(CCO)CNC(=O)C1(c2cccc(F)c2)CC1. The minimum atomic E-state index is -0.544. The van der Waals surface area contributed by atoms with Gasteiger partial charge in [0.2, 0.25) is 5.91 Å². The molecule has 2 rings (SSSR count). The number of carbonyl (C=O) groups excluding carboxylic acids is 1. The maximum Gasteiger partial charge on any atom is 0.230 e. The topological polar surface area (TPSA) is 49.3 Å². The van der Waals surface area contributed by atoms with Gasteiger partial charge in [-0.3, -0.25) is 4.79 Å². The quantitative estimate of drug-likeness (QED) is 0.840. The molecular formula is C16H22FNO2. The lowest BCUT2D eigenvalue weighted by Crippen LogP contribution is -2.40. The number of benzene rings is 1. The van der Waals surface area contributed by atoms with Gasteiger partial charge in [0.25, 0.3) is 0 Å². The summed E-state index contributed by atoms with van der Waals surface area (Å²) in [5, 5.41) is 11.9. The van der Waals surface area contributed by atoms with Crippen molar-refractivity contribution < 1.29 is 14.3 Å². The number of rotatable bonds is 6. The zero-order chi connectivity index (χ0) is 14.8. The summed E-state index contributed by atoms with van der Waals surface area (Å²) in [7, 11) is 0. The van der Waals surface area contributed by atoms with Crippen molar-refractivity contribution in [1.82, 2.24) is 5.32 Å². The largest absolute Gasteiger partial charge is 0.396 e. The van der Waals surface area contributed by atoms with Crippen LogP contribution in [0.25, 0.3) is 0 Å². The minimum absolute atomic E-state index is 0.0332. The van der Waals surface area contributed by atoms with Crippen LogP contribution in [0.15, 0.2) is 24.3 Å². The highest BCUT2D eigenvalue weighted by molar-refractivity contribution is 5.91. The third kappa shape index (κ3) is 3.18. The molecule has 4 heteroatoms. The van der Waals surface area contributed by atoms with Gasteiger partial charge >= 0.3 is 0 Å². The van der Waals surface area contributed by atoms with Crippen molar-refractivity contribution in [1.29, 1.82) is 0 Å². The Bertz CT molecular complexity index is 495. The molecule has 0 unspecified atom stereocenters. The summed E-state index contributed by atoms with van der Waals surface area (Å²) >= 11 is 0. The average Bonchev–Trinajstić information content (AvgIpc) is 3.17. The van der Waals surface area contributed by atoms with Crippen LogP contribution < -0.4 is 5.32 Å². The van der Waals surface area contributed by atoms with Gasteiger partial charge in [0.1, 0.15) is 5.82 Å². The molecule has 0 bridgehead atoms. The van der Waals surface area contributed by atoms with E-state index in [1.807, 2.05) is 19.9 Å². The van der Waals surface area contributed by atoms with Crippen LogP contribution in [0.2, 0.25) is 0 Å². The minimum Gasteiger partial charge on any atom is -0.396 e. The summed E-state index contributed by atoms with van der Waals surface area (Å²) in [6.45, 7) is 4.64. The Balaban J connectivity index is 2.02. The number of nitrogens with one attached hydrogen (secondary N) is 1. The first-order valence-corrected chi connectivity index (χ1v) is 7.05. The Morgan fingerprint density at radius 3 is 2.70 bits per heavy atom. The van der Waals surface area contributed by atoms with Crippen molar-refractivity contribution in [2.75, 3.05) is 13.2 Å². The molecule has 0 heterocycles. The van der Waals surface area contributed by atoms with Crippen LogP contribution in [0.4, 0.5) is 4.39 Å². The number of aliphatic hydroxyl groups excluding tert-OH is 1. The van der Waals surface area contributed by atoms with Gasteiger partial charge in [-0.15, -0.1) is 0 Å². The van der Waals surface area contributed by atoms with Crippen molar-refractivity contribution in [3.05, 3.63) is 35.6 Å². The molecule has 110 valence electrons. The number of hydrogen-bond donors (Lipinski definition) is 2. The lowest BCUT2D eigenvalue weighted by molar-refractivity contribution is -0.124. The highest BCUT2D eigenvalue weighted by Gasteiger charge is 2.51. The smallest absolute Gasteiger partial charge is 0.230 e. The monoisotopic (exact) mass is 279 g/mol. The van der Waals surface area contributed by atoms with E-state index in [1.54, 1.807) is 6.07 Å². The van der Waals surface area contributed by atoms with E-state index in [4.69, 9.17) is 5.11 Å². The molecule has 1 aliphatic carbocycles. The third-order valence-corrected chi connectivity index (χ3v) is 4.08. The molecule has 1 amide bonds. The highest BCUT2D eigenvalue weighted by atomic mass is 19.1. The fraction of sp³-hybridized carbons (Fsp3) is 0.562. The fourth-order valence-electron chi connectivity index (χ4n) is 2.44. The first-order chi connectivity index (χ1) is 9.39. The van der Waals surface area contributed by atoms with E-state index in [1.165, 1.54) is 12.1 Å². The first kappa shape index (κ1) is 15.0. The molecule has 1 aliphatic rings. The summed E-state index contributed by atoms with van der Waals surface area (Å²) in [5.74, 6) is -0.337. The Morgan fingerprint density at radius 2 is 2.15 bits per heavy atom. The molecule has 1 aromatic carbocycles. The summed E-state index contributed by atoms with van der Waals surface area (Å²) in [4.78, 5) is 12.4. The normalized spacial score (nSPS) is 16.8. The fourth-order valence-corrected chi connectivity index (χ4v) is 2.44. The zero-order valence-corrected chi connectivity index (χ0v) is 12.1. The van der Waals surface area contributed by atoms with Crippen LogP contribution in [-0.2, 0) is 10.2 Å². The zero-order valence-electron chi connectivity index (χ0n) is 12.1. The Labute approximate surface area is 119 Å². The van der Waals surface area contributed by atoms with Crippen LogP contribution in [0.3, 0.4) is 0 Å². The second-order valence-corrected chi connectivity index (χ2v) is 6.41. The lowest BCUT2D eigenvalue weighted by atomic mass is 9.88. The van der Waals surface area contributed by atoms with Crippen LogP contribution in [0.5, 0.6) is 0 Å². The van der Waals surface area contributed by atoms with Gasteiger partial charge in [-0.2, -0.15) is 0 Å². The summed E-state index contributed by atoms with van der Waals surface area (Å²) < 4.78 is 13.3. The van der Waals surface area contributed by atoms with E-state index in [2.05, 4.69) is 5.32 Å². The molecule has 0 radical (unpaired) electrons. The van der Waals surface area contributed by atoms with Crippen molar-refractivity contribution in [3.63, 3.8) is 0 Å². The molecule has 0 spiro atoms. The number of aliphatic hydroxyl groups is 1. The van der Waals surface area contributed by atoms with E-state index in [0.717, 1.165) is 18.4 Å². The molecule has 2 N–H and O–H groups in total. The first-order valence-electron chi connectivity index (χ1n) is 7.05. The van der Waals surface area contributed by atoms with E-state index >= 15 is 0 Å². The van der Waals surface area contributed by atoms with E-state index in [9.17, 15) is 9.18 Å². The molecule has 0 aliphatic heterocycles. The number of hydrogen-bond acceptors (Lipinski definition) is 2. The van der Waals surface area contributed by atoms with Gasteiger partial charge in [-0.05, 0) is 42.4 Å². The maximum absolute atomic E-state index is 13.3. The van der Waals surface area contributed by atoms with Gasteiger partial charge in [-0.25, -0.2) is 4.39 Å². The second kappa shape index (κ2) is 5.52. The van der Waals surface area contributed by atoms with Crippen LogP contribution >= 0.6 is 0 Å². The summed E-state index contributed by atoms with van der Waals surface area (Å²) in [5.41, 5.74) is 0.0785. The van der Waals surface area contributed by atoms with E-state index < -0.39 is 5.41 Å². The number of halogens is 1. The predicted molar refractivity (Wildman–Crippen MR) is 75.8 cm³/mol. The maximum atomic E-state index is 13.3. The Hall–Kier alpha value is -1.42. The molecular weight excluding hydrogens is 257 g/mol. The predicted octanol–water partition coefficient (Wildman–Crippen LogP) is 2.38. The molecule has 0 saturated heterocycles. The molecule has 1 fully saturated rings. The number of amides is 1. The molecule has 0 atom stereocenters. The van der Waals surface area contributed by atoms with Gasteiger partial charge in [0.15, 0.2) is 0 Å². The van der Waals surface area contributed by atoms with Crippen molar-refractivity contribution >= 4 is 5.91 Å². The van der Waals surface area contributed by atoms with Gasteiger partial charge in [-0.1, -0.05) is 26.0 Å². The Kier molecular flexibility index (Phi) is 4.14. The molecule has 0 aromatic heterocycles. The van der Waals surface area contributed by atoms with Crippen molar-refractivity contribution in [2.45, 2.75) is 38.5 Å². The lowest BCUT2D eigenvalue weighted by Gasteiger charge is -2.25. The van der Waals surface area contributed by atoms with E-state index in [-0.39, 0.29) is 23.7 Å². The molecule has 1 aromatic rings. The van der Waals surface area contributed by atoms with Crippen LogP contribution in [0.1, 0.15) is 38.7 Å². The van der Waals surface area contributed by atoms with E-state index in [0.29, 0.717) is 13.0 Å². The summed E-state index contributed by atoms with van der Waals surface area (Å²) in [6.07, 6.45) is 2.17. The highest BCUT2D eigenvalue weighted by Crippen LogP contribution is 2.48. The Morgan fingerprint density at radius 1 is 1.45 bits per heavy atom. The van der Waals surface area contributed by atoms with Crippen LogP contribution in [0, 0.1) is 11.2 Å². The molecule has 3 nitrogen and oxygen atoms in total. The third-order valence-electron chi connectivity index (χ3n) is 4.08. The molecule has 1 saturated carbocycles. The average molecular weight is 279 g/mol. The number of carbonyl (C=O) groups is 1.